The lowest BCUT2D eigenvalue weighted by atomic mass is 10.1. The molecule has 1 aliphatic heterocycles. The number of pyridine rings is 1. The van der Waals surface area contributed by atoms with Crippen LogP contribution in [-0.2, 0) is 6.61 Å². The number of fused-ring (bicyclic) bond motifs is 2. The van der Waals surface area contributed by atoms with Crippen molar-refractivity contribution in [3.8, 4) is 11.6 Å². The van der Waals surface area contributed by atoms with E-state index >= 15 is 0 Å². The van der Waals surface area contributed by atoms with E-state index in [0.29, 0.717) is 5.88 Å². The summed E-state index contributed by atoms with van der Waals surface area (Å²) in [5.74, 6) is 1.41. The van der Waals surface area contributed by atoms with Crippen LogP contribution in [0.1, 0.15) is 5.56 Å². The highest BCUT2D eigenvalue weighted by atomic mass is 16.6. The zero-order valence-corrected chi connectivity index (χ0v) is 6.82. The van der Waals surface area contributed by atoms with Gasteiger partial charge in [-0.25, -0.2) is 4.98 Å². The van der Waals surface area contributed by atoms with Gasteiger partial charge in [-0.2, -0.15) is 0 Å². The molecule has 1 N–H and O–H groups in total. The number of aromatic nitrogens is 1. The van der Waals surface area contributed by atoms with Crippen molar-refractivity contribution in [2.75, 3.05) is 0 Å². The van der Waals surface area contributed by atoms with Gasteiger partial charge in [0, 0.05) is 10.9 Å². The van der Waals surface area contributed by atoms with E-state index < -0.39 is 0 Å². The van der Waals surface area contributed by atoms with Gasteiger partial charge < -0.3 is 9.84 Å². The lowest BCUT2D eigenvalue weighted by Crippen LogP contribution is -1.83. The van der Waals surface area contributed by atoms with Crippen molar-refractivity contribution >= 4 is 10.9 Å². The topological polar surface area (TPSA) is 45.7 Å². The molecule has 2 aromatic rings. The Bertz CT molecular complexity index is 493. The Morgan fingerprint density at radius 1 is 1.31 bits per heavy atom. The molecule has 3 nitrogen and oxygen atoms in total. The highest BCUT2D eigenvalue weighted by molar-refractivity contribution is 5.87. The third-order valence-corrected chi connectivity index (χ3v) is 2.23. The summed E-state index contributed by atoms with van der Waals surface area (Å²) >= 11 is 0. The van der Waals surface area contributed by atoms with Gasteiger partial charge in [-0.1, -0.05) is 18.2 Å². The van der Waals surface area contributed by atoms with E-state index in [1.165, 1.54) is 0 Å². The summed E-state index contributed by atoms with van der Waals surface area (Å²) in [6.45, 7) is 0.00532. The van der Waals surface area contributed by atoms with Gasteiger partial charge in [0.2, 0.25) is 0 Å². The minimum Gasteiger partial charge on any atom is -0.430 e. The molecular formula is C10H7NO2. The number of hydrogen-bond acceptors (Lipinski definition) is 3. The van der Waals surface area contributed by atoms with Gasteiger partial charge in [-0.15, -0.1) is 0 Å². The fourth-order valence-electron chi connectivity index (χ4n) is 1.55. The van der Waals surface area contributed by atoms with Gasteiger partial charge in [-0.3, -0.25) is 0 Å². The van der Waals surface area contributed by atoms with Crippen LogP contribution in [0, 0.1) is 0 Å². The van der Waals surface area contributed by atoms with Crippen molar-refractivity contribution in [2.45, 2.75) is 6.61 Å². The molecule has 0 fully saturated rings. The van der Waals surface area contributed by atoms with Gasteiger partial charge in [-0.05, 0) is 6.07 Å². The van der Waals surface area contributed by atoms with Crippen LogP contribution in [0.2, 0.25) is 0 Å². The van der Waals surface area contributed by atoms with Crippen molar-refractivity contribution in [1.82, 2.24) is 4.98 Å². The first-order chi connectivity index (χ1) is 6.40. The first-order valence-electron chi connectivity index (χ1n) is 4.10. The average molecular weight is 173 g/mol. The Balaban J connectivity index is 2.45. The molecule has 0 atom stereocenters. The maximum atomic E-state index is 9.14. The number of para-hydroxylation sites is 1. The zero-order chi connectivity index (χ0) is 8.84. The van der Waals surface area contributed by atoms with Crippen LogP contribution in [0.5, 0.6) is 11.6 Å². The standard InChI is InChI=1S/C10H7NO2/c12-5-7-6-3-1-2-4-8(6)11-10-9(7)13-10/h1-4,12H,5H2. The molecule has 0 saturated carbocycles. The maximum Gasteiger partial charge on any atom is 0.264 e. The second-order valence-electron chi connectivity index (χ2n) is 3.00. The predicted molar refractivity (Wildman–Crippen MR) is 47.7 cm³/mol. The van der Waals surface area contributed by atoms with E-state index in [2.05, 4.69) is 4.98 Å². The highest BCUT2D eigenvalue weighted by Crippen LogP contribution is 2.48. The number of aliphatic hydroxyl groups excluding tert-OH is 1. The zero-order valence-electron chi connectivity index (χ0n) is 6.82. The Labute approximate surface area is 74.6 Å². The van der Waals surface area contributed by atoms with E-state index in [4.69, 9.17) is 9.84 Å². The molecule has 0 spiro atoms. The van der Waals surface area contributed by atoms with Crippen molar-refractivity contribution in [3.05, 3.63) is 29.8 Å². The van der Waals surface area contributed by atoms with Gasteiger partial charge >= 0.3 is 0 Å². The molecule has 0 unspecified atom stereocenters. The summed E-state index contributed by atoms with van der Waals surface area (Å²) < 4.78 is 5.13. The van der Waals surface area contributed by atoms with Crippen LogP contribution in [-0.4, -0.2) is 10.1 Å². The molecule has 64 valence electrons. The summed E-state index contributed by atoms with van der Waals surface area (Å²) in [6, 6.07) is 7.70. The number of benzene rings is 1. The van der Waals surface area contributed by atoms with Crippen LogP contribution in [0.25, 0.3) is 10.9 Å². The van der Waals surface area contributed by atoms with E-state index in [1.807, 2.05) is 24.3 Å². The lowest BCUT2D eigenvalue weighted by Gasteiger charge is -1.97. The smallest absolute Gasteiger partial charge is 0.264 e. The first-order valence-corrected chi connectivity index (χ1v) is 4.10. The molecule has 13 heavy (non-hydrogen) atoms. The number of nitrogens with zero attached hydrogens (tertiary/aromatic N) is 1. The molecular weight excluding hydrogens is 166 g/mol. The van der Waals surface area contributed by atoms with Crippen molar-refractivity contribution in [1.29, 1.82) is 0 Å². The minimum absolute atomic E-state index is 0.00532. The summed E-state index contributed by atoms with van der Waals surface area (Å²) in [7, 11) is 0. The van der Waals surface area contributed by atoms with Crippen LogP contribution < -0.4 is 4.74 Å². The second kappa shape index (κ2) is 2.20. The summed E-state index contributed by atoms with van der Waals surface area (Å²) in [6.07, 6.45) is 0. The molecule has 0 amide bonds. The number of hydrogen-bond donors (Lipinski definition) is 1. The quantitative estimate of drug-likeness (QED) is 0.571. The molecule has 2 heterocycles. The molecule has 1 aromatic heterocycles. The summed E-state index contributed by atoms with van der Waals surface area (Å²) in [5, 5.41) is 10.1. The Kier molecular flexibility index (Phi) is 1.16. The van der Waals surface area contributed by atoms with Crippen molar-refractivity contribution in [2.24, 2.45) is 0 Å². The fourth-order valence-corrected chi connectivity index (χ4v) is 1.55. The van der Waals surface area contributed by atoms with Crippen molar-refractivity contribution < 1.29 is 9.84 Å². The monoisotopic (exact) mass is 173 g/mol. The number of aliphatic hydroxyl groups is 1. The average Bonchev–Trinajstić information content (AvgIpc) is 2.92. The van der Waals surface area contributed by atoms with E-state index in [9.17, 15) is 0 Å². The van der Waals surface area contributed by atoms with E-state index in [-0.39, 0.29) is 6.61 Å². The van der Waals surface area contributed by atoms with Gasteiger partial charge in [0.05, 0.1) is 12.1 Å². The fraction of sp³-hybridized carbons (Fsp3) is 0.100. The molecule has 0 bridgehead atoms. The van der Waals surface area contributed by atoms with Gasteiger partial charge in [0.15, 0.2) is 5.75 Å². The summed E-state index contributed by atoms with van der Waals surface area (Å²) in [5.41, 5.74) is 1.73. The Morgan fingerprint density at radius 2 is 2.15 bits per heavy atom. The SMILES string of the molecule is OCc1c2c(nc3ccccc13)O2. The van der Waals surface area contributed by atoms with Gasteiger partial charge in [0.1, 0.15) is 0 Å². The second-order valence-corrected chi connectivity index (χ2v) is 3.00. The third-order valence-electron chi connectivity index (χ3n) is 2.23. The van der Waals surface area contributed by atoms with E-state index in [1.54, 1.807) is 0 Å². The molecule has 0 radical (unpaired) electrons. The predicted octanol–water partition coefficient (Wildman–Crippen LogP) is 1.83. The highest BCUT2D eigenvalue weighted by Gasteiger charge is 2.28. The normalized spacial score (nSPS) is 12.4. The van der Waals surface area contributed by atoms with Crippen LogP contribution in [0.15, 0.2) is 24.3 Å². The van der Waals surface area contributed by atoms with Crippen molar-refractivity contribution in [3.63, 3.8) is 0 Å². The number of rotatable bonds is 1. The Hall–Kier alpha value is -1.61. The lowest BCUT2D eigenvalue weighted by molar-refractivity contribution is 0.282. The molecule has 0 aliphatic carbocycles. The molecule has 1 aromatic carbocycles. The minimum atomic E-state index is 0.00532. The molecule has 3 heteroatoms. The van der Waals surface area contributed by atoms with Crippen LogP contribution in [0.3, 0.4) is 0 Å². The largest absolute Gasteiger partial charge is 0.430 e. The molecule has 3 rings (SSSR count). The van der Waals surface area contributed by atoms with Crippen LogP contribution in [0.4, 0.5) is 0 Å². The summed E-state index contributed by atoms with van der Waals surface area (Å²) in [4.78, 5) is 4.24. The molecule has 1 aliphatic rings. The van der Waals surface area contributed by atoms with E-state index in [0.717, 1.165) is 22.2 Å². The van der Waals surface area contributed by atoms with Crippen LogP contribution >= 0.6 is 0 Å². The molecule has 0 saturated heterocycles. The third kappa shape index (κ3) is 0.847. The van der Waals surface area contributed by atoms with Gasteiger partial charge in [0.25, 0.3) is 5.88 Å². The first kappa shape index (κ1) is 6.86. The Morgan fingerprint density at radius 3 is 3.00 bits per heavy atom. The number of ether oxygens (including phenoxy) is 1. The maximum absolute atomic E-state index is 9.14.